The fourth-order valence-electron chi connectivity index (χ4n) is 1.42. The molecule has 0 fully saturated rings. The SMILES string of the molecule is CC(C)CC(CO)Nc1cc(Cl)nnc1Cl. The summed E-state index contributed by atoms with van der Waals surface area (Å²) < 4.78 is 0. The number of nitrogens with zero attached hydrogens (tertiary/aromatic N) is 2. The molecule has 16 heavy (non-hydrogen) atoms. The summed E-state index contributed by atoms with van der Waals surface area (Å²) in [5, 5.41) is 20.1. The Bertz CT molecular complexity index is 347. The van der Waals surface area contributed by atoms with Crippen LogP contribution in [0.15, 0.2) is 6.07 Å². The van der Waals surface area contributed by atoms with Crippen LogP contribution in [0.1, 0.15) is 20.3 Å². The minimum absolute atomic E-state index is 0.0362. The van der Waals surface area contributed by atoms with Crippen molar-refractivity contribution in [3.8, 4) is 0 Å². The molecule has 0 bridgehead atoms. The first-order chi connectivity index (χ1) is 7.52. The van der Waals surface area contributed by atoms with Gasteiger partial charge < -0.3 is 10.4 Å². The van der Waals surface area contributed by atoms with E-state index in [-0.39, 0.29) is 23.0 Å². The predicted molar refractivity (Wildman–Crippen MR) is 66.0 cm³/mol. The van der Waals surface area contributed by atoms with E-state index in [1.807, 2.05) is 0 Å². The van der Waals surface area contributed by atoms with Crippen molar-refractivity contribution in [2.24, 2.45) is 5.92 Å². The minimum Gasteiger partial charge on any atom is -0.394 e. The van der Waals surface area contributed by atoms with Gasteiger partial charge in [-0.05, 0) is 12.3 Å². The highest BCUT2D eigenvalue weighted by Gasteiger charge is 2.12. The maximum atomic E-state index is 9.22. The normalized spacial score (nSPS) is 12.9. The van der Waals surface area contributed by atoms with Gasteiger partial charge in [-0.3, -0.25) is 0 Å². The molecule has 1 atom stereocenters. The van der Waals surface area contributed by atoms with Crippen molar-refractivity contribution in [2.45, 2.75) is 26.3 Å². The Morgan fingerprint density at radius 2 is 2.06 bits per heavy atom. The second kappa shape index (κ2) is 6.23. The van der Waals surface area contributed by atoms with E-state index in [4.69, 9.17) is 23.2 Å². The van der Waals surface area contributed by atoms with Crippen molar-refractivity contribution in [1.82, 2.24) is 10.2 Å². The fourth-order valence-corrected chi connectivity index (χ4v) is 1.72. The molecule has 0 aromatic carbocycles. The zero-order chi connectivity index (χ0) is 12.1. The quantitative estimate of drug-likeness (QED) is 0.858. The van der Waals surface area contributed by atoms with Gasteiger partial charge in [0.05, 0.1) is 12.3 Å². The van der Waals surface area contributed by atoms with Crippen molar-refractivity contribution in [2.75, 3.05) is 11.9 Å². The third kappa shape index (κ3) is 4.12. The highest BCUT2D eigenvalue weighted by molar-refractivity contribution is 6.33. The molecule has 1 aromatic heterocycles. The van der Waals surface area contributed by atoms with Crippen molar-refractivity contribution in [3.05, 3.63) is 16.4 Å². The summed E-state index contributed by atoms with van der Waals surface area (Å²) in [5.74, 6) is 0.480. The summed E-state index contributed by atoms with van der Waals surface area (Å²) in [5.41, 5.74) is 0.598. The van der Waals surface area contributed by atoms with Crippen LogP contribution >= 0.6 is 23.2 Å². The molecule has 0 saturated carbocycles. The highest BCUT2D eigenvalue weighted by Crippen LogP contribution is 2.22. The lowest BCUT2D eigenvalue weighted by Crippen LogP contribution is -2.25. The van der Waals surface area contributed by atoms with E-state index in [1.165, 1.54) is 0 Å². The first kappa shape index (κ1) is 13.5. The van der Waals surface area contributed by atoms with Gasteiger partial charge in [0, 0.05) is 12.1 Å². The lowest BCUT2D eigenvalue weighted by molar-refractivity contribution is 0.259. The third-order valence-corrected chi connectivity index (χ3v) is 2.52. The Kier molecular flexibility index (Phi) is 5.25. The van der Waals surface area contributed by atoms with Crippen molar-refractivity contribution in [1.29, 1.82) is 0 Å². The second-order valence-electron chi connectivity index (χ2n) is 4.02. The Hall–Kier alpha value is -0.580. The Morgan fingerprint density at radius 1 is 1.38 bits per heavy atom. The van der Waals surface area contributed by atoms with Gasteiger partial charge in [-0.1, -0.05) is 37.0 Å². The topological polar surface area (TPSA) is 58.0 Å². The molecule has 0 aliphatic heterocycles. The number of nitrogens with one attached hydrogen (secondary N) is 1. The van der Waals surface area contributed by atoms with Gasteiger partial charge in [0.15, 0.2) is 10.3 Å². The van der Waals surface area contributed by atoms with Gasteiger partial charge >= 0.3 is 0 Å². The summed E-state index contributed by atoms with van der Waals surface area (Å²) in [7, 11) is 0. The summed E-state index contributed by atoms with van der Waals surface area (Å²) in [4.78, 5) is 0. The molecule has 2 N–H and O–H groups in total. The van der Waals surface area contributed by atoms with Crippen molar-refractivity contribution >= 4 is 28.9 Å². The van der Waals surface area contributed by atoms with Crippen LogP contribution in [-0.4, -0.2) is 28.0 Å². The molecular formula is C10H15Cl2N3O. The molecule has 1 unspecified atom stereocenters. The first-order valence-electron chi connectivity index (χ1n) is 5.09. The van der Waals surface area contributed by atoms with Crippen LogP contribution in [0.5, 0.6) is 0 Å². The number of anilines is 1. The molecule has 0 aliphatic rings. The second-order valence-corrected chi connectivity index (χ2v) is 4.77. The van der Waals surface area contributed by atoms with Crippen LogP contribution in [0, 0.1) is 5.92 Å². The monoisotopic (exact) mass is 263 g/mol. The van der Waals surface area contributed by atoms with Gasteiger partial charge in [0.1, 0.15) is 0 Å². The lowest BCUT2D eigenvalue weighted by Gasteiger charge is -2.19. The van der Waals surface area contributed by atoms with Crippen LogP contribution in [0.25, 0.3) is 0 Å². The summed E-state index contributed by atoms with van der Waals surface area (Å²) in [6.07, 6.45) is 0.840. The van der Waals surface area contributed by atoms with Crippen molar-refractivity contribution < 1.29 is 5.11 Å². The molecule has 0 radical (unpaired) electrons. The number of rotatable bonds is 5. The van der Waals surface area contributed by atoms with E-state index in [2.05, 4.69) is 29.4 Å². The van der Waals surface area contributed by atoms with E-state index >= 15 is 0 Å². The van der Waals surface area contributed by atoms with Crippen LogP contribution < -0.4 is 5.32 Å². The van der Waals surface area contributed by atoms with E-state index in [0.717, 1.165) is 6.42 Å². The number of halogens is 2. The first-order valence-corrected chi connectivity index (χ1v) is 5.84. The average Bonchev–Trinajstić information content (AvgIpc) is 2.21. The zero-order valence-corrected chi connectivity index (χ0v) is 10.8. The number of aliphatic hydroxyl groups excluding tert-OH is 1. The minimum atomic E-state index is -0.0576. The third-order valence-electron chi connectivity index (χ3n) is 2.05. The Morgan fingerprint density at radius 3 is 2.62 bits per heavy atom. The van der Waals surface area contributed by atoms with Gasteiger partial charge in [-0.2, -0.15) is 0 Å². The Labute approximate surface area is 105 Å². The van der Waals surface area contributed by atoms with E-state index in [0.29, 0.717) is 11.6 Å². The summed E-state index contributed by atoms with van der Waals surface area (Å²) in [6, 6.07) is 1.54. The fraction of sp³-hybridized carbons (Fsp3) is 0.600. The number of aromatic nitrogens is 2. The predicted octanol–water partition coefficient (Wildman–Crippen LogP) is 2.60. The molecule has 4 nitrogen and oxygen atoms in total. The van der Waals surface area contributed by atoms with Crippen LogP contribution in [0.2, 0.25) is 10.3 Å². The van der Waals surface area contributed by atoms with Crippen LogP contribution in [-0.2, 0) is 0 Å². The molecule has 0 amide bonds. The van der Waals surface area contributed by atoms with Crippen LogP contribution in [0.4, 0.5) is 5.69 Å². The summed E-state index contributed by atoms with van der Waals surface area (Å²) in [6.45, 7) is 4.21. The molecular weight excluding hydrogens is 249 g/mol. The van der Waals surface area contributed by atoms with E-state index in [9.17, 15) is 5.11 Å². The number of hydrogen-bond donors (Lipinski definition) is 2. The standard InChI is InChI=1S/C10H15Cl2N3O/c1-6(2)3-7(5-16)13-8-4-9(11)14-15-10(8)12/h4,6-7,16H,3,5H2,1-2H3,(H,13,14). The molecule has 90 valence electrons. The molecule has 1 heterocycles. The van der Waals surface area contributed by atoms with Gasteiger partial charge in [-0.25, -0.2) is 0 Å². The van der Waals surface area contributed by atoms with Gasteiger partial charge in [0.25, 0.3) is 0 Å². The molecule has 0 saturated heterocycles. The molecule has 0 spiro atoms. The van der Waals surface area contributed by atoms with E-state index in [1.54, 1.807) is 6.07 Å². The summed E-state index contributed by atoms with van der Waals surface area (Å²) >= 11 is 11.6. The van der Waals surface area contributed by atoms with Gasteiger partial charge in [-0.15, -0.1) is 10.2 Å². The van der Waals surface area contributed by atoms with Crippen LogP contribution in [0.3, 0.4) is 0 Å². The average molecular weight is 264 g/mol. The Balaban J connectivity index is 2.73. The molecule has 1 aromatic rings. The zero-order valence-electron chi connectivity index (χ0n) is 9.24. The number of aliphatic hydroxyl groups is 1. The number of hydrogen-bond acceptors (Lipinski definition) is 4. The largest absolute Gasteiger partial charge is 0.394 e. The highest BCUT2D eigenvalue weighted by atomic mass is 35.5. The molecule has 1 rings (SSSR count). The molecule has 6 heteroatoms. The van der Waals surface area contributed by atoms with E-state index < -0.39 is 0 Å². The lowest BCUT2D eigenvalue weighted by atomic mass is 10.0. The maximum Gasteiger partial charge on any atom is 0.174 e. The smallest absolute Gasteiger partial charge is 0.174 e. The van der Waals surface area contributed by atoms with Crippen molar-refractivity contribution in [3.63, 3.8) is 0 Å². The maximum absolute atomic E-state index is 9.22. The van der Waals surface area contributed by atoms with Gasteiger partial charge in [0.2, 0.25) is 0 Å². The molecule has 0 aliphatic carbocycles.